The molecule has 1 heterocycles. The van der Waals surface area contributed by atoms with Crippen LogP contribution >= 0.6 is 15.9 Å². The SMILES string of the molecule is Cc1ccc(C(=O)N2CCN(CCS(=O)(=O)c3ccc(Br)cc3)CC2)cc1F. The molecule has 2 aromatic carbocycles. The van der Waals surface area contributed by atoms with E-state index in [4.69, 9.17) is 0 Å². The van der Waals surface area contributed by atoms with Crippen LogP contribution in [0.15, 0.2) is 51.8 Å². The number of carbonyl (C=O) groups excluding carboxylic acids is 1. The topological polar surface area (TPSA) is 57.7 Å². The average molecular weight is 469 g/mol. The molecule has 2 aromatic rings. The summed E-state index contributed by atoms with van der Waals surface area (Å²) in [6.45, 7) is 4.25. The summed E-state index contributed by atoms with van der Waals surface area (Å²) in [5.41, 5.74) is 0.850. The van der Waals surface area contributed by atoms with Gasteiger partial charge < -0.3 is 4.90 Å². The first-order valence-electron chi connectivity index (χ1n) is 9.02. The van der Waals surface area contributed by atoms with Crippen molar-refractivity contribution in [3.63, 3.8) is 0 Å². The summed E-state index contributed by atoms with van der Waals surface area (Å²) >= 11 is 3.30. The summed E-state index contributed by atoms with van der Waals surface area (Å²) in [5, 5.41) is 0. The van der Waals surface area contributed by atoms with Crippen LogP contribution in [-0.4, -0.2) is 62.6 Å². The van der Waals surface area contributed by atoms with Gasteiger partial charge in [-0.05, 0) is 48.9 Å². The molecule has 0 aliphatic carbocycles. The third kappa shape index (κ3) is 4.98. The minimum Gasteiger partial charge on any atom is -0.336 e. The van der Waals surface area contributed by atoms with E-state index in [0.717, 1.165) is 4.47 Å². The van der Waals surface area contributed by atoms with Gasteiger partial charge in [-0.2, -0.15) is 0 Å². The van der Waals surface area contributed by atoms with E-state index in [1.54, 1.807) is 48.2 Å². The van der Waals surface area contributed by atoms with Crippen LogP contribution in [0.3, 0.4) is 0 Å². The Labute approximate surface area is 173 Å². The highest BCUT2D eigenvalue weighted by atomic mass is 79.9. The Kier molecular flexibility index (Phi) is 6.52. The summed E-state index contributed by atoms with van der Waals surface area (Å²) < 4.78 is 39.5. The van der Waals surface area contributed by atoms with Crippen LogP contribution in [-0.2, 0) is 9.84 Å². The van der Waals surface area contributed by atoms with Crippen molar-refractivity contribution in [1.29, 1.82) is 0 Å². The van der Waals surface area contributed by atoms with Gasteiger partial charge in [0.15, 0.2) is 9.84 Å². The molecule has 1 amide bonds. The first-order valence-corrected chi connectivity index (χ1v) is 11.5. The van der Waals surface area contributed by atoms with Crippen molar-refractivity contribution in [2.45, 2.75) is 11.8 Å². The quantitative estimate of drug-likeness (QED) is 0.676. The first-order chi connectivity index (χ1) is 13.3. The Balaban J connectivity index is 1.53. The van der Waals surface area contributed by atoms with Crippen molar-refractivity contribution in [1.82, 2.24) is 9.80 Å². The van der Waals surface area contributed by atoms with Crippen LogP contribution in [0.4, 0.5) is 4.39 Å². The third-order valence-corrected chi connectivity index (χ3v) is 7.17. The lowest BCUT2D eigenvalue weighted by Crippen LogP contribution is -2.49. The minimum absolute atomic E-state index is 0.0335. The standard InChI is InChI=1S/C20H22BrFN2O3S/c1-15-2-3-16(14-19(15)22)20(25)24-10-8-23(9-11-24)12-13-28(26,27)18-6-4-17(21)5-7-18/h2-7,14H,8-13H2,1H3. The molecule has 1 aliphatic rings. The van der Waals surface area contributed by atoms with Gasteiger partial charge in [0.25, 0.3) is 5.91 Å². The lowest BCUT2D eigenvalue weighted by molar-refractivity contribution is 0.0643. The molecule has 1 fully saturated rings. The van der Waals surface area contributed by atoms with Crippen molar-refractivity contribution >= 4 is 31.7 Å². The Morgan fingerprint density at radius 2 is 1.71 bits per heavy atom. The molecule has 0 radical (unpaired) electrons. The average Bonchev–Trinajstić information content (AvgIpc) is 2.69. The zero-order chi connectivity index (χ0) is 20.3. The van der Waals surface area contributed by atoms with Crippen LogP contribution in [0.2, 0.25) is 0 Å². The van der Waals surface area contributed by atoms with E-state index in [1.807, 2.05) is 4.90 Å². The fourth-order valence-electron chi connectivity index (χ4n) is 3.09. The highest BCUT2D eigenvalue weighted by Gasteiger charge is 2.24. The van der Waals surface area contributed by atoms with Crippen LogP contribution in [0.25, 0.3) is 0 Å². The van der Waals surface area contributed by atoms with Crippen LogP contribution in [0, 0.1) is 12.7 Å². The van der Waals surface area contributed by atoms with Crippen molar-refractivity contribution in [2.24, 2.45) is 0 Å². The number of amides is 1. The van der Waals surface area contributed by atoms with E-state index in [1.165, 1.54) is 6.07 Å². The van der Waals surface area contributed by atoms with Crippen LogP contribution in [0.5, 0.6) is 0 Å². The number of aryl methyl sites for hydroxylation is 1. The van der Waals surface area contributed by atoms with E-state index in [2.05, 4.69) is 15.9 Å². The van der Waals surface area contributed by atoms with Gasteiger partial charge in [0, 0.05) is 42.8 Å². The van der Waals surface area contributed by atoms with Crippen molar-refractivity contribution in [2.75, 3.05) is 38.5 Å². The third-order valence-electron chi connectivity index (χ3n) is 4.93. The van der Waals surface area contributed by atoms with E-state index in [9.17, 15) is 17.6 Å². The van der Waals surface area contributed by atoms with Gasteiger partial charge in [-0.3, -0.25) is 9.69 Å². The number of hydrogen-bond acceptors (Lipinski definition) is 4. The minimum atomic E-state index is -3.34. The molecule has 150 valence electrons. The fraction of sp³-hybridized carbons (Fsp3) is 0.350. The lowest BCUT2D eigenvalue weighted by atomic mass is 10.1. The summed E-state index contributed by atoms with van der Waals surface area (Å²) in [5.74, 6) is -0.546. The number of hydrogen-bond donors (Lipinski definition) is 0. The maximum Gasteiger partial charge on any atom is 0.254 e. The second-order valence-corrected chi connectivity index (χ2v) is 9.90. The second kappa shape index (κ2) is 8.71. The number of nitrogens with zero attached hydrogens (tertiary/aromatic N) is 2. The zero-order valence-electron chi connectivity index (χ0n) is 15.6. The maximum atomic E-state index is 13.7. The Morgan fingerprint density at radius 1 is 1.07 bits per heavy atom. The summed E-state index contributed by atoms with van der Waals surface area (Å²) in [7, 11) is -3.34. The van der Waals surface area contributed by atoms with Crippen LogP contribution < -0.4 is 0 Å². The molecular formula is C20H22BrFN2O3S. The molecule has 0 atom stereocenters. The predicted octanol–water partition coefficient (Wildman–Crippen LogP) is 3.13. The zero-order valence-corrected chi connectivity index (χ0v) is 18.0. The Bertz CT molecular complexity index is 956. The van der Waals surface area contributed by atoms with Gasteiger partial charge in [-0.1, -0.05) is 22.0 Å². The number of benzene rings is 2. The molecule has 0 spiro atoms. The molecule has 0 saturated carbocycles. The van der Waals surface area contributed by atoms with E-state index < -0.39 is 9.84 Å². The van der Waals surface area contributed by atoms with Crippen molar-refractivity contribution < 1.29 is 17.6 Å². The van der Waals surface area contributed by atoms with Gasteiger partial charge in [-0.25, -0.2) is 12.8 Å². The molecule has 28 heavy (non-hydrogen) atoms. The molecule has 0 aromatic heterocycles. The Morgan fingerprint density at radius 3 is 2.32 bits per heavy atom. The second-order valence-electron chi connectivity index (χ2n) is 6.87. The smallest absolute Gasteiger partial charge is 0.254 e. The number of sulfone groups is 1. The highest BCUT2D eigenvalue weighted by Crippen LogP contribution is 2.17. The normalized spacial score (nSPS) is 15.6. The molecule has 8 heteroatoms. The first kappa shape index (κ1) is 21.0. The molecule has 3 rings (SSSR count). The number of carbonyl (C=O) groups is 1. The molecule has 0 bridgehead atoms. The molecule has 0 N–H and O–H groups in total. The van der Waals surface area contributed by atoms with E-state index >= 15 is 0 Å². The monoisotopic (exact) mass is 468 g/mol. The molecule has 1 saturated heterocycles. The van der Waals surface area contributed by atoms with Crippen molar-refractivity contribution in [3.05, 3.63) is 63.9 Å². The lowest BCUT2D eigenvalue weighted by Gasteiger charge is -2.34. The highest BCUT2D eigenvalue weighted by molar-refractivity contribution is 9.10. The van der Waals surface area contributed by atoms with E-state index in [0.29, 0.717) is 48.7 Å². The summed E-state index contributed by atoms with van der Waals surface area (Å²) in [4.78, 5) is 16.6. The summed E-state index contributed by atoms with van der Waals surface area (Å²) in [6, 6.07) is 11.1. The number of halogens is 2. The molecule has 5 nitrogen and oxygen atoms in total. The van der Waals surface area contributed by atoms with Gasteiger partial charge in [0.05, 0.1) is 10.6 Å². The molecular weight excluding hydrogens is 447 g/mol. The number of piperazine rings is 1. The summed E-state index contributed by atoms with van der Waals surface area (Å²) in [6.07, 6.45) is 0. The predicted molar refractivity (Wildman–Crippen MR) is 110 cm³/mol. The fourth-order valence-corrected chi connectivity index (χ4v) is 4.64. The molecule has 1 aliphatic heterocycles. The van der Waals surface area contributed by atoms with Gasteiger partial charge >= 0.3 is 0 Å². The van der Waals surface area contributed by atoms with Gasteiger partial charge in [0.1, 0.15) is 5.82 Å². The largest absolute Gasteiger partial charge is 0.336 e. The maximum absolute atomic E-state index is 13.7. The van der Waals surface area contributed by atoms with Crippen molar-refractivity contribution in [3.8, 4) is 0 Å². The van der Waals surface area contributed by atoms with Gasteiger partial charge in [-0.15, -0.1) is 0 Å². The van der Waals surface area contributed by atoms with E-state index in [-0.39, 0.29) is 17.5 Å². The van der Waals surface area contributed by atoms with Gasteiger partial charge in [0.2, 0.25) is 0 Å². The Hall–Kier alpha value is -1.77. The van der Waals surface area contributed by atoms with Crippen LogP contribution in [0.1, 0.15) is 15.9 Å². The number of rotatable bonds is 5. The molecule has 0 unspecified atom stereocenters.